The Labute approximate surface area is 106 Å². The Kier molecular flexibility index (Phi) is 3.55. The number of aromatic hydroxyl groups is 1. The summed E-state index contributed by atoms with van der Waals surface area (Å²) in [6.45, 7) is 2.60. The van der Waals surface area contributed by atoms with E-state index in [1.807, 2.05) is 31.2 Å². The number of phenols is 1. The van der Waals surface area contributed by atoms with E-state index >= 15 is 0 Å². The highest BCUT2D eigenvalue weighted by Gasteiger charge is 2.01. The molecular formula is C14H14ClNO. The zero-order valence-corrected chi connectivity index (χ0v) is 10.3. The standard InChI is InChI=1S/C14H14ClNO/c1-10-2-5-13(6-3-10)16-9-11-8-12(15)4-7-14(11)17/h2-8,16-17H,9H2,1H3. The van der Waals surface area contributed by atoms with Gasteiger partial charge in [-0.25, -0.2) is 0 Å². The van der Waals surface area contributed by atoms with Gasteiger partial charge in [0.15, 0.2) is 0 Å². The van der Waals surface area contributed by atoms with Crippen molar-refractivity contribution in [1.82, 2.24) is 0 Å². The molecule has 0 saturated heterocycles. The van der Waals surface area contributed by atoms with Crippen LogP contribution in [0, 0.1) is 6.92 Å². The van der Waals surface area contributed by atoms with Crippen LogP contribution in [0.25, 0.3) is 0 Å². The van der Waals surface area contributed by atoms with Crippen LogP contribution >= 0.6 is 11.6 Å². The van der Waals surface area contributed by atoms with Crippen LogP contribution in [0.5, 0.6) is 5.75 Å². The first kappa shape index (κ1) is 11.8. The van der Waals surface area contributed by atoms with Gasteiger partial charge in [-0.15, -0.1) is 0 Å². The summed E-state index contributed by atoms with van der Waals surface area (Å²) in [7, 11) is 0. The highest BCUT2D eigenvalue weighted by Crippen LogP contribution is 2.22. The van der Waals surface area contributed by atoms with Crippen molar-refractivity contribution in [2.45, 2.75) is 13.5 Å². The SMILES string of the molecule is Cc1ccc(NCc2cc(Cl)ccc2O)cc1. The molecule has 2 rings (SSSR count). The third-order valence-electron chi connectivity index (χ3n) is 2.58. The summed E-state index contributed by atoms with van der Waals surface area (Å²) in [4.78, 5) is 0. The second kappa shape index (κ2) is 5.11. The van der Waals surface area contributed by atoms with Gasteiger partial charge in [0.05, 0.1) is 0 Å². The van der Waals surface area contributed by atoms with Crippen molar-refractivity contribution >= 4 is 17.3 Å². The van der Waals surface area contributed by atoms with Crippen molar-refractivity contribution < 1.29 is 5.11 Å². The van der Waals surface area contributed by atoms with Crippen LogP contribution in [0.4, 0.5) is 5.69 Å². The molecular weight excluding hydrogens is 234 g/mol. The summed E-state index contributed by atoms with van der Waals surface area (Å²) in [5.41, 5.74) is 3.04. The molecule has 0 aliphatic carbocycles. The first-order chi connectivity index (χ1) is 8.15. The van der Waals surface area contributed by atoms with Crippen LogP contribution < -0.4 is 5.32 Å². The lowest BCUT2D eigenvalue weighted by atomic mass is 10.2. The first-order valence-electron chi connectivity index (χ1n) is 5.43. The highest BCUT2D eigenvalue weighted by molar-refractivity contribution is 6.30. The molecule has 0 bridgehead atoms. The number of phenolic OH excluding ortho intramolecular Hbond substituents is 1. The third kappa shape index (κ3) is 3.14. The lowest BCUT2D eigenvalue weighted by Gasteiger charge is -2.08. The van der Waals surface area contributed by atoms with Gasteiger partial charge < -0.3 is 10.4 Å². The number of halogens is 1. The van der Waals surface area contributed by atoms with E-state index in [1.54, 1.807) is 18.2 Å². The Hall–Kier alpha value is -1.67. The zero-order valence-electron chi connectivity index (χ0n) is 9.57. The van der Waals surface area contributed by atoms with Gasteiger partial charge in [0, 0.05) is 22.8 Å². The fourth-order valence-electron chi connectivity index (χ4n) is 1.56. The molecule has 0 saturated carbocycles. The Morgan fingerprint density at radius 3 is 2.53 bits per heavy atom. The molecule has 0 atom stereocenters. The monoisotopic (exact) mass is 247 g/mol. The molecule has 2 aromatic carbocycles. The van der Waals surface area contributed by atoms with Crippen LogP contribution in [0.3, 0.4) is 0 Å². The maximum Gasteiger partial charge on any atom is 0.120 e. The number of hydrogen-bond acceptors (Lipinski definition) is 2. The Morgan fingerprint density at radius 1 is 1.12 bits per heavy atom. The molecule has 2 nitrogen and oxygen atoms in total. The highest BCUT2D eigenvalue weighted by atomic mass is 35.5. The average molecular weight is 248 g/mol. The van der Waals surface area contributed by atoms with Gasteiger partial charge in [0.1, 0.15) is 5.75 Å². The molecule has 2 N–H and O–H groups in total. The maximum absolute atomic E-state index is 9.66. The minimum atomic E-state index is 0.258. The fourth-order valence-corrected chi connectivity index (χ4v) is 1.76. The number of rotatable bonds is 3. The minimum Gasteiger partial charge on any atom is -0.508 e. The Bertz CT molecular complexity index is 508. The predicted octanol–water partition coefficient (Wildman–Crippen LogP) is 3.97. The van der Waals surface area contributed by atoms with Crippen LogP contribution in [0.1, 0.15) is 11.1 Å². The molecule has 0 unspecified atom stereocenters. The molecule has 0 radical (unpaired) electrons. The van der Waals surface area contributed by atoms with E-state index in [0.717, 1.165) is 11.3 Å². The number of hydrogen-bond donors (Lipinski definition) is 2. The summed E-state index contributed by atoms with van der Waals surface area (Å²) in [5, 5.41) is 13.5. The van der Waals surface area contributed by atoms with Crippen molar-refractivity contribution in [3.8, 4) is 5.75 Å². The third-order valence-corrected chi connectivity index (χ3v) is 2.81. The largest absolute Gasteiger partial charge is 0.508 e. The van der Waals surface area contributed by atoms with E-state index in [1.165, 1.54) is 5.56 Å². The molecule has 0 amide bonds. The molecule has 0 aliphatic rings. The molecule has 0 aromatic heterocycles. The predicted molar refractivity (Wildman–Crippen MR) is 71.6 cm³/mol. The van der Waals surface area contributed by atoms with Crippen LogP contribution in [0.15, 0.2) is 42.5 Å². The first-order valence-corrected chi connectivity index (χ1v) is 5.81. The molecule has 2 aromatic rings. The zero-order chi connectivity index (χ0) is 12.3. The van der Waals surface area contributed by atoms with Crippen LogP contribution in [-0.2, 0) is 6.54 Å². The number of benzene rings is 2. The normalized spacial score (nSPS) is 10.2. The minimum absolute atomic E-state index is 0.258. The molecule has 88 valence electrons. The van der Waals surface area contributed by atoms with E-state index in [0.29, 0.717) is 11.6 Å². The van der Waals surface area contributed by atoms with Gasteiger partial charge in [-0.3, -0.25) is 0 Å². The smallest absolute Gasteiger partial charge is 0.120 e. The summed E-state index contributed by atoms with van der Waals surface area (Å²) in [5.74, 6) is 0.258. The van der Waals surface area contributed by atoms with Crippen LogP contribution in [-0.4, -0.2) is 5.11 Å². The lowest BCUT2D eigenvalue weighted by molar-refractivity contribution is 0.469. The van der Waals surface area contributed by atoms with Gasteiger partial charge in [0.25, 0.3) is 0 Å². The summed E-state index contributed by atoms with van der Waals surface area (Å²) in [6, 6.07) is 13.1. The molecule has 0 heterocycles. The van der Waals surface area contributed by atoms with Crippen molar-refractivity contribution in [2.24, 2.45) is 0 Å². The Balaban J connectivity index is 2.07. The van der Waals surface area contributed by atoms with Crippen LogP contribution in [0.2, 0.25) is 5.02 Å². The average Bonchev–Trinajstić information content (AvgIpc) is 2.32. The quantitative estimate of drug-likeness (QED) is 0.860. The van der Waals surface area contributed by atoms with E-state index in [4.69, 9.17) is 11.6 Å². The second-order valence-corrected chi connectivity index (χ2v) is 4.43. The summed E-state index contributed by atoms with van der Waals surface area (Å²) < 4.78 is 0. The van der Waals surface area contributed by atoms with E-state index in [2.05, 4.69) is 5.32 Å². The Morgan fingerprint density at radius 2 is 1.82 bits per heavy atom. The van der Waals surface area contributed by atoms with Gasteiger partial charge in [-0.1, -0.05) is 29.3 Å². The molecule has 0 aliphatic heterocycles. The van der Waals surface area contributed by atoms with E-state index in [9.17, 15) is 5.11 Å². The maximum atomic E-state index is 9.66. The van der Waals surface area contributed by atoms with Crippen molar-refractivity contribution in [1.29, 1.82) is 0 Å². The topological polar surface area (TPSA) is 32.3 Å². The van der Waals surface area contributed by atoms with Gasteiger partial charge in [-0.05, 0) is 37.3 Å². The van der Waals surface area contributed by atoms with Crippen molar-refractivity contribution in [3.63, 3.8) is 0 Å². The second-order valence-electron chi connectivity index (χ2n) is 3.99. The molecule has 3 heteroatoms. The van der Waals surface area contributed by atoms with Crippen molar-refractivity contribution in [2.75, 3.05) is 5.32 Å². The fraction of sp³-hybridized carbons (Fsp3) is 0.143. The number of anilines is 1. The summed E-state index contributed by atoms with van der Waals surface area (Å²) >= 11 is 5.88. The summed E-state index contributed by atoms with van der Waals surface area (Å²) in [6.07, 6.45) is 0. The van der Waals surface area contributed by atoms with Gasteiger partial charge >= 0.3 is 0 Å². The van der Waals surface area contributed by atoms with Gasteiger partial charge in [0.2, 0.25) is 0 Å². The number of aryl methyl sites for hydroxylation is 1. The van der Waals surface area contributed by atoms with Crippen molar-refractivity contribution in [3.05, 3.63) is 58.6 Å². The lowest BCUT2D eigenvalue weighted by Crippen LogP contribution is -1.99. The van der Waals surface area contributed by atoms with E-state index < -0.39 is 0 Å². The number of nitrogens with one attached hydrogen (secondary N) is 1. The molecule has 0 spiro atoms. The molecule has 17 heavy (non-hydrogen) atoms. The molecule has 0 fully saturated rings. The van der Waals surface area contributed by atoms with Gasteiger partial charge in [-0.2, -0.15) is 0 Å². The van der Waals surface area contributed by atoms with E-state index in [-0.39, 0.29) is 5.75 Å².